The molecule has 3 saturated heterocycles. The number of piperidine rings is 1. The molecule has 5 nitrogen and oxygen atoms in total. The molecule has 8 heteroatoms. The van der Waals surface area contributed by atoms with E-state index in [0.29, 0.717) is 30.9 Å². The number of hydrogen-bond acceptors (Lipinski definition) is 4. The molecule has 3 fully saturated rings. The van der Waals surface area contributed by atoms with E-state index in [1.165, 1.54) is 16.8 Å². The van der Waals surface area contributed by atoms with Crippen LogP contribution in [0.15, 0.2) is 29.2 Å². The zero-order valence-electron chi connectivity index (χ0n) is 13.6. The molecule has 0 radical (unpaired) electrons. The van der Waals surface area contributed by atoms with E-state index in [0.717, 1.165) is 12.5 Å². The van der Waals surface area contributed by atoms with Gasteiger partial charge in [0, 0.05) is 44.8 Å². The molecule has 3 aliphatic rings. The third-order valence-electron chi connectivity index (χ3n) is 5.03. The fraction of sp³-hybridized carbons (Fsp3) is 0.412. The van der Waals surface area contributed by atoms with Gasteiger partial charge in [-0.1, -0.05) is 11.6 Å². The lowest BCUT2D eigenvalue weighted by molar-refractivity contribution is -0.00858. The molecule has 0 N–H and O–H groups in total. The van der Waals surface area contributed by atoms with Gasteiger partial charge in [0.1, 0.15) is 16.7 Å². The molecule has 2 unspecified atom stereocenters. The fourth-order valence-electron chi connectivity index (χ4n) is 3.78. The van der Waals surface area contributed by atoms with Crippen LogP contribution in [-0.2, 0) is 13.6 Å². The Labute approximate surface area is 148 Å². The molecule has 2 aromatic rings. The second kappa shape index (κ2) is 6.07. The molecule has 0 spiro atoms. The molecule has 0 amide bonds. The fourth-order valence-corrected chi connectivity index (χ4v) is 4.07. The van der Waals surface area contributed by atoms with Crippen LogP contribution in [0.5, 0.6) is 0 Å². The summed E-state index contributed by atoms with van der Waals surface area (Å²) in [6.07, 6.45) is 2.64. The van der Waals surface area contributed by atoms with Crippen molar-refractivity contribution in [2.24, 2.45) is 7.05 Å². The summed E-state index contributed by atoms with van der Waals surface area (Å²) in [7, 11) is 1.56. The Balaban J connectivity index is 1.49. The van der Waals surface area contributed by atoms with Crippen LogP contribution in [0.25, 0.3) is 0 Å². The van der Waals surface area contributed by atoms with E-state index >= 15 is 0 Å². The first-order chi connectivity index (χ1) is 11.9. The van der Waals surface area contributed by atoms with Gasteiger partial charge < -0.3 is 4.90 Å². The average Bonchev–Trinajstić information content (AvgIpc) is 2.57. The summed E-state index contributed by atoms with van der Waals surface area (Å²) < 4.78 is 27.9. The van der Waals surface area contributed by atoms with Gasteiger partial charge in [0.15, 0.2) is 0 Å². The van der Waals surface area contributed by atoms with Crippen molar-refractivity contribution < 1.29 is 8.78 Å². The van der Waals surface area contributed by atoms with Crippen LogP contribution in [0.2, 0.25) is 5.02 Å². The van der Waals surface area contributed by atoms with Crippen LogP contribution in [0.1, 0.15) is 12.0 Å². The number of aromatic nitrogens is 2. The summed E-state index contributed by atoms with van der Waals surface area (Å²) in [5.41, 5.74) is 0.968. The molecular weight excluding hydrogens is 350 g/mol. The monoisotopic (exact) mass is 366 g/mol. The molecule has 0 saturated carbocycles. The highest BCUT2D eigenvalue weighted by atomic mass is 35.5. The van der Waals surface area contributed by atoms with Gasteiger partial charge in [-0.25, -0.2) is 13.5 Å². The molecule has 132 valence electrons. The molecular formula is C17H17ClF2N4O. The first-order valence-electron chi connectivity index (χ1n) is 8.10. The smallest absolute Gasteiger partial charge is 0.287 e. The van der Waals surface area contributed by atoms with Gasteiger partial charge in [-0.3, -0.25) is 9.69 Å². The zero-order valence-corrected chi connectivity index (χ0v) is 14.4. The quantitative estimate of drug-likeness (QED) is 0.835. The number of rotatable bonds is 3. The van der Waals surface area contributed by atoms with E-state index in [-0.39, 0.29) is 22.7 Å². The normalized spacial score (nSPS) is 22.8. The van der Waals surface area contributed by atoms with Crippen LogP contribution < -0.4 is 10.5 Å². The molecule has 0 aliphatic carbocycles. The standard InChI is InChI=1S/C17H17ClF2N4O/c1-22-17(25)16(18)15(6-21-22)23-8-13-5-14(9-23)24(13)7-10-2-11(19)4-12(20)3-10/h2-4,6,13-14H,5,7-9H2,1H3. The molecule has 4 heterocycles. The lowest BCUT2D eigenvalue weighted by Crippen LogP contribution is -2.68. The summed E-state index contributed by atoms with van der Waals surface area (Å²) >= 11 is 6.18. The number of hydrogen-bond donors (Lipinski definition) is 0. The Bertz CT molecular complexity index is 855. The van der Waals surface area contributed by atoms with Crippen LogP contribution >= 0.6 is 11.6 Å². The minimum absolute atomic E-state index is 0.178. The van der Waals surface area contributed by atoms with Crippen molar-refractivity contribution in [3.05, 3.63) is 57.0 Å². The highest BCUT2D eigenvalue weighted by Crippen LogP contribution is 2.37. The van der Waals surface area contributed by atoms with E-state index < -0.39 is 11.6 Å². The van der Waals surface area contributed by atoms with Gasteiger partial charge in [0.2, 0.25) is 0 Å². The van der Waals surface area contributed by atoms with Gasteiger partial charge in [0.25, 0.3) is 5.56 Å². The predicted molar refractivity (Wildman–Crippen MR) is 90.8 cm³/mol. The number of aryl methyl sites for hydroxylation is 1. The molecule has 1 aromatic heterocycles. The Kier molecular flexibility index (Phi) is 4.00. The first-order valence-corrected chi connectivity index (χ1v) is 8.47. The number of piperazine rings is 1. The Hall–Kier alpha value is -1.99. The van der Waals surface area contributed by atoms with E-state index in [9.17, 15) is 13.6 Å². The van der Waals surface area contributed by atoms with Crippen molar-refractivity contribution in [3.63, 3.8) is 0 Å². The number of halogens is 3. The summed E-state index contributed by atoms with van der Waals surface area (Å²) in [5.74, 6) is -1.11. The zero-order chi connectivity index (χ0) is 17.7. The number of fused-ring (bicyclic) bond motifs is 2. The van der Waals surface area contributed by atoms with Crippen molar-refractivity contribution in [1.29, 1.82) is 0 Å². The van der Waals surface area contributed by atoms with E-state index in [1.807, 2.05) is 0 Å². The summed E-state index contributed by atoms with van der Waals surface area (Å²) in [6, 6.07) is 4.16. The number of benzene rings is 1. The van der Waals surface area contributed by atoms with Crippen LogP contribution in [0.3, 0.4) is 0 Å². The number of nitrogens with zero attached hydrogens (tertiary/aromatic N) is 4. The largest absolute Gasteiger partial charge is 0.366 e. The highest BCUT2D eigenvalue weighted by molar-refractivity contribution is 6.33. The molecule has 2 atom stereocenters. The van der Waals surface area contributed by atoms with Crippen LogP contribution in [0.4, 0.5) is 14.5 Å². The van der Waals surface area contributed by atoms with Crippen molar-refractivity contribution in [2.45, 2.75) is 25.0 Å². The van der Waals surface area contributed by atoms with Gasteiger partial charge in [0.05, 0.1) is 11.9 Å². The average molecular weight is 367 g/mol. The Morgan fingerprint density at radius 1 is 1.20 bits per heavy atom. The van der Waals surface area contributed by atoms with Crippen LogP contribution in [-0.4, -0.2) is 39.9 Å². The van der Waals surface area contributed by atoms with E-state index in [2.05, 4.69) is 14.9 Å². The maximum absolute atomic E-state index is 13.4. The first kappa shape index (κ1) is 16.5. The molecule has 1 aromatic carbocycles. The molecule has 3 aliphatic heterocycles. The molecule has 25 heavy (non-hydrogen) atoms. The maximum Gasteiger partial charge on any atom is 0.287 e. The number of anilines is 1. The van der Waals surface area contributed by atoms with Crippen molar-refractivity contribution in [3.8, 4) is 0 Å². The SMILES string of the molecule is Cn1ncc(N2CC3CC(C2)N3Cc2cc(F)cc(F)c2)c(Cl)c1=O. The van der Waals surface area contributed by atoms with Gasteiger partial charge in [-0.15, -0.1) is 0 Å². The summed E-state index contributed by atoms with van der Waals surface area (Å²) in [6.45, 7) is 1.94. The summed E-state index contributed by atoms with van der Waals surface area (Å²) in [5, 5.41) is 4.22. The Morgan fingerprint density at radius 3 is 2.48 bits per heavy atom. The molecule has 5 rings (SSSR count). The van der Waals surface area contributed by atoms with Crippen LogP contribution in [0, 0.1) is 11.6 Å². The minimum Gasteiger partial charge on any atom is -0.366 e. The summed E-state index contributed by atoms with van der Waals surface area (Å²) in [4.78, 5) is 16.3. The lowest BCUT2D eigenvalue weighted by Gasteiger charge is -2.57. The topological polar surface area (TPSA) is 41.4 Å². The highest BCUT2D eigenvalue weighted by Gasteiger charge is 2.45. The third kappa shape index (κ3) is 2.91. The Morgan fingerprint density at radius 2 is 1.84 bits per heavy atom. The van der Waals surface area contributed by atoms with E-state index in [4.69, 9.17) is 11.6 Å². The van der Waals surface area contributed by atoms with Crippen molar-refractivity contribution in [2.75, 3.05) is 18.0 Å². The van der Waals surface area contributed by atoms with Gasteiger partial charge in [-0.05, 0) is 24.1 Å². The van der Waals surface area contributed by atoms with Gasteiger partial charge >= 0.3 is 0 Å². The third-order valence-corrected chi connectivity index (χ3v) is 5.39. The minimum atomic E-state index is -0.555. The second-order valence-electron chi connectivity index (χ2n) is 6.67. The second-order valence-corrected chi connectivity index (χ2v) is 7.05. The maximum atomic E-state index is 13.4. The predicted octanol–water partition coefficient (Wildman–Crippen LogP) is 2.17. The van der Waals surface area contributed by atoms with Gasteiger partial charge in [-0.2, -0.15) is 5.10 Å². The van der Waals surface area contributed by atoms with E-state index in [1.54, 1.807) is 13.2 Å². The molecule has 2 bridgehead atoms. The van der Waals surface area contributed by atoms with Crippen molar-refractivity contribution in [1.82, 2.24) is 14.7 Å². The van der Waals surface area contributed by atoms with Crippen molar-refractivity contribution >= 4 is 17.3 Å². The lowest BCUT2D eigenvalue weighted by atomic mass is 9.86.